The molecular formula is C13H7ClFNO3S. The normalized spacial score (nSPS) is 10.8. The number of nitrogens with zero attached hydrogens (tertiary/aromatic N) is 1. The molecule has 2 aromatic rings. The molecule has 0 aliphatic carbocycles. The summed E-state index contributed by atoms with van der Waals surface area (Å²) in [7, 11) is 1.39. The molecule has 0 atom stereocenters. The van der Waals surface area contributed by atoms with Crippen molar-refractivity contribution in [3.8, 4) is 17.6 Å². The van der Waals surface area contributed by atoms with Gasteiger partial charge in [-0.1, -0.05) is 0 Å². The van der Waals surface area contributed by atoms with Gasteiger partial charge < -0.3 is 4.74 Å². The van der Waals surface area contributed by atoms with Gasteiger partial charge in [0.15, 0.2) is 0 Å². The average Bonchev–Trinajstić information content (AvgIpc) is 2.38. The van der Waals surface area contributed by atoms with Crippen molar-refractivity contribution >= 4 is 19.7 Å². The quantitative estimate of drug-likeness (QED) is 0.815. The Labute approximate surface area is 119 Å². The van der Waals surface area contributed by atoms with Crippen molar-refractivity contribution in [3.63, 3.8) is 0 Å². The van der Waals surface area contributed by atoms with Gasteiger partial charge in [0.05, 0.1) is 10.5 Å². The first-order valence-electron chi connectivity index (χ1n) is 5.32. The van der Waals surface area contributed by atoms with Crippen LogP contribution in [0.1, 0.15) is 5.56 Å². The summed E-state index contributed by atoms with van der Waals surface area (Å²) in [6.45, 7) is 0. The number of hydrogen-bond acceptors (Lipinski definition) is 4. The predicted molar refractivity (Wildman–Crippen MR) is 70.7 cm³/mol. The van der Waals surface area contributed by atoms with E-state index in [0.717, 1.165) is 6.07 Å². The van der Waals surface area contributed by atoms with Crippen molar-refractivity contribution in [2.75, 3.05) is 0 Å². The summed E-state index contributed by atoms with van der Waals surface area (Å²) >= 11 is 0. The van der Waals surface area contributed by atoms with Gasteiger partial charge in [-0.05, 0) is 36.4 Å². The van der Waals surface area contributed by atoms with E-state index in [1.807, 2.05) is 0 Å². The second-order valence-electron chi connectivity index (χ2n) is 3.76. The van der Waals surface area contributed by atoms with E-state index in [1.54, 1.807) is 6.07 Å². The van der Waals surface area contributed by atoms with Crippen LogP contribution in [0.5, 0.6) is 11.5 Å². The van der Waals surface area contributed by atoms with Gasteiger partial charge in [-0.3, -0.25) is 0 Å². The Balaban J connectivity index is 2.23. The molecule has 0 amide bonds. The van der Waals surface area contributed by atoms with Gasteiger partial charge in [-0.25, -0.2) is 12.8 Å². The zero-order valence-corrected chi connectivity index (χ0v) is 11.5. The lowest BCUT2D eigenvalue weighted by Gasteiger charge is -2.06. The summed E-state index contributed by atoms with van der Waals surface area (Å²) in [5.41, 5.74) is -0.0825. The van der Waals surface area contributed by atoms with Crippen LogP contribution in [0.2, 0.25) is 0 Å². The fraction of sp³-hybridized carbons (Fsp3) is 0. The Kier molecular flexibility index (Phi) is 3.93. The highest BCUT2D eigenvalue weighted by Gasteiger charge is 2.10. The Bertz CT molecular complexity index is 782. The van der Waals surface area contributed by atoms with Gasteiger partial charge in [0.2, 0.25) is 0 Å². The van der Waals surface area contributed by atoms with Crippen molar-refractivity contribution in [3.05, 3.63) is 53.8 Å². The van der Waals surface area contributed by atoms with Crippen LogP contribution < -0.4 is 4.74 Å². The zero-order valence-electron chi connectivity index (χ0n) is 9.88. The van der Waals surface area contributed by atoms with Crippen LogP contribution >= 0.6 is 10.7 Å². The maximum Gasteiger partial charge on any atom is 0.261 e. The molecule has 2 aromatic carbocycles. The van der Waals surface area contributed by atoms with Gasteiger partial charge >= 0.3 is 0 Å². The predicted octanol–water partition coefficient (Wildman–Crippen LogP) is 3.42. The lowest BCUT2D eigenvalue weighted by atomic mass is 10.2. The number of nitriles is 1. The highest BCUT2D eigenvalue weighted by atomic mass is 35.7. The van der Waals surface area contributed by atoms with Gasteiger partial charge in [-0.2, -0.15) is 5.26 Å². The molecule has 0 aliphatic heterocycles. The van der Waals surface area contributed by atoms with Crippen molar-refractivity contribution < 1.29 is 17.5 Å². The third-order valence-electron chi connectivity index (χ3n) is 2.40. The van der Waals surface area contributed by atoms with E-state index < -0.39 is 14.9 Å². The van der Waals surface area contributed by atoms with E-state index in [0.29, 0.717) is 5.75 Å². The molecule has 0 saturated carbocycles. The number of benzene rings is 2. The molecule has 0 aromatic heterocycles. The second kappa shape index (κ2) is 5.49. The Hall–Kier alpha value is -2.10. The number of halogens is 2. The maximum absolute atomic E-state index is 13.4. The summed E-state index contributed by atoms with van der Waals surface area (Å²) in [4.78, 5) is -0.0578. The minimum atomic E-state index is -3.79. The van der Waals surface area contributed by atoms with E-state index in [2.05, 4.69) is 0 Å². The fourth-order valence-corrected chi connectivity index (χ4v) is 2.23. The van der Waals surface area contributed by atoms with Crippen LogP contribution in [-0.2, 0) is 9.05 Å². The molecule has 0 N–H and O–H groups in total. The highest BCUT2D eigenvalue weighted by molar-refractivity contribution is 8.13. The molecule has 0 unspecified atom stereocenters. The number of ether oxygens (including phenoxy) is 1. The molecule has 0 spiro atoms. The van der Waals surface area contributed by atoms with Gasteiger partial charge in [0.25, 0.3) is 9.05 Å². The van der Waals surface area contributed by atoms with E-state index in [9.17, 15) is 12.8 Å². The fourth-order valence-electron chi connectivity index (χ4n) is 1.46. The zero-order chi connectivity index (χ0) is 14.8. The first kappa shape index (κ1) is 14.3. The third-order valence-corrected chi connectivity index (χ3v) is 3.77. The summed E-state index contributed by atoms with van der Waals surface area (Å²) in [6, 6.07) is 10.8. The van der Waals surface area contributed by atoms with Gasteiger partial charge in [0.1, 0.15) is 23.4 Å². The van der Waals surface area contributed by atoms with Crippen LogP contribution in [0, 0.1) is 17.1 Å². The number of hydrogen-bond donors (Lipinski definition) is 0. The van der Waals surface area contributed by atoms with Crippen LogP contribution in [0.15, 0.2) is 47.4 Å². The molecule has 0 bridgehead atoms. The summed E-state index contributed by atoms with van der Waals surface area (Å²) in [5.74, 6) is -0.175. The number of rotatable bonds is 3. The highest BCUT2D eigenvalue weighted by Crippen LogP contribution is 2.25. The van der Waals surface area contributed by atoms with Gasteiger partial charge in [0, 0.05) is 16.7 Å². The van der Waals surface area contributed by atoms with Crippen LogP contribution in [0.4, 0.5) is 4.39 Å². The van der Waals surface area contributed by atoms with Crippen molar-refractivity contribution in [2.45, 2.75) is 4.90 Å². The third kappa shape index (κ3) is 3.26. The molecule has 2 rings (SSSR count). The van der Waals surface area contributed by atoms with Crippen molar-refractivity contribution in [1.82, 2.24) is 0 Å². The van der Waals surface area contributed by atoms with E-state index in [1.165, 1.54) is 36.4 Å². The van der Waals surface area contributed by atoms with Crippen molar-refractivity contribution in [2.24, 2.45) is 0 Å². The summed E-state index contributed by atoms with van der Waals surface area (Å²) in [6.07, 6.45) is 0. The Morgan fingerprint density at radius 1 is 1.10 bits per heavy atom. The monoisotopic (exact) mass is 311 g/mol. The topological polar surface area (TPSA) is 67.2 Å². The average molecular weight is 312 g/mol. The standard InChI is InChI=1S/C13H7ClFNO3S/c14-20(17,18)12-5-3-10(4-6-12)19-11-2-1-9(8-16)13(15)7-11/h1-7H. The summed E-state index contributed by atoms with van der Waals surface area (Å²) in [5, 5.41) is 8.61. The molecule has 0 fully saturated rings. The van der Waals surface area contributed by atoms with Crippen LogP contribution in [0.25, 0.3) is 0 Å². The molecule has 0 heterocycles. The maximum atomic E-state index is 13.4. The molecule has 7 heteroatoms. The minimum absolute atomic E-state index is 0.0578. The van der Waals surface area contributed by atoms with Crippen LogP contribution in [0.3, 0.4) is 0 Å². The molecule has 0 aliphatic rings. The first-order valence-corrected chi connectivity index (χ1v) is 7.63. The lowest BCUT2D eigenvalue weighted by molar-refractivity contribution is 0.476. The smallest absolute Gasteiger partial charge is 0.261 e. The van der Waals surface area contributed by atoms with Gasteiger partial charge in [-0.15, -0.1) is 0 Å². The molecule has 0 saturated heterocycles. The summed E-state index contributed by atoms with van der Waals surface area (Å²) < 4.78 is 40.8. The molecular weight excluding hydrogens is 305 g/mol. The molecule has 102 valence electrons. The minimum Gasteiger partial charge on any atom is -0.457 e. The molecule has 4 nitrogen and oxygen atoms in total. The lowest BCUT2D eigenvalue weighted by Crippen LogP contribution is -1.91. The molecule has 0 radical (unpaired) electrons. The first-order chi connectivity index (χ1) is 9.40. The second-order valence-corrected chi connectivity index (χ2v) is 6.33. The van der Waals surface area contributed by atoms with Crippen molar-refractivity contribution in [1.29, 1.82) is 5.26 Å². The Morgan fingerprint density at radius 2 is 1.70 bits per heavy atom. The van der Waals surface area contributed by atoms with E-state index in [-0.39, 0.29) is 16.2 Å². The largest absolute Gasteiger partial charge is 0.457 e. The van der Waals surface area contributed by atoms with E-state index >= 15 is 0 Å². The molecule has 20 heavy (non-hydrogen) atoms. The SMILES string of the molecule is N#Cc1ccc(Oc2ccc(S(=O)(=O)Cl)cc2)cc1F. The Morgan fingerprint density at radius 3 is 2.20 bits per heavy atom. The van der Waals surface area contributed by atoms with Crippen LogP contribution in [-0.4, -0.2) is 8.42 Å². The van der Waals surface area contributed by atoms with E-state index in [4.69, 9.17) is 20.7 Å².